The molecule has 1 aliphatic rings. The van der Waals surface area contributed by atoms with E-state index in [0.29, 0.717) is 18.2 Å². The molecule has 1 heterocycles. The van der Waals surface area contributed by atoms with Crippen LogP contribution in [0.2, 0.25) is 0 Å². The summed E-state index contributed by atoms with van der Waals surface area (Å²) in [5.74, 6) is 0.292. The molecule has 152 valence electrons. The summed E-state index contributed by atoms with van der Waals surface area (Å²) in [4.78, 5) is 17.8. The first-order chi connectivity index (χ1) is 12.4. The highest BCUT2D eigenvalue weighted by Gasteiger charge is 2.26. The Bertz CT molecular complexity index is 633. The van der Waals surface area contributed by atoms with Gasteiger partial charge in [-0.05, 0) is 30.5 Å². The molecule has 1 aromatic carbocycles. The normalized spacial score (nSPS) is 14.5. The zero-order valence-electron chi connectivity index (χ0n) is 15.1. The molecule has 0 aromatic heterocycles. The van der Waals surface area contributed by atoms with Gasteiger partial charge in [0.15, 0.2) is 5.96 Å². The quantitative estimate of drug-likeness (QED) is 0.330. The molecule has 1 fully saturated rings. The largest absolute Gasteiger partial charge is 0.390 e. The molecule has 1 aliphatic heterocycles. The van der Waals surface area contributed by atoms with Crippen molar-refractivity contribution >= 4 is 41.7 Å². The summed E-state index contributed by atoms with van der Waals surface area (Å²) in [5.41, 5.74) is 1.56. The van der Waals surface area contributed by atoms with Crippen LogP contribution in [0.1, 0.15) is 24.8 Å². The van der Waals surface area contributed by atoms with Crippen molar-refractivity contribution in [2.45, 2.75) is 32.0 Å². The van der Waals surface area contributed by atoms with Gasteiger partial charge in [0.25, 0.3) is 0 Å². The van der Waals surface area contributed by atoms with Crippen LogP contribution < -0.4 is 16.0 Å². The third-order valence-corrected chi connectivity index (χ3v) is 3.96. The Morgan fingerprint density at radius 3 is 2.56 bits per heavy atom. The molecule has 0 atom stereocenters. The van der Waals surface area contributed by atoms with E-state index >= 15 is 0 Å². The van der Waals surface area contributed by atoms with Gasteiger partial charge >= 0.3 is 12.2 Å². The molecule has 3 N–H and O–H groups in total. The fourth-order valence-electron chi connectivity index (χ4n) is 2.61. The van der Waals surface area contributed by atoms with Crippen LogP contribution in [0.4, 0.5) is 23.7 Å². The second-order valence-electron chi connectivity index (χ2n) is 6.04. The number of amides is 2. The van der Waals surface area contributed by atoms with Crippen molar-refractivity contribution in [3.63, 3.8) is 0 Å². The topological polar surface area (TPSA) is 68.8 Å². The number of carbonyl (C=O) groups is 1. The summed E-state index contributed by atoms with van der Waals surface area (Å²) in [7, 11) is 1.50. The molecule has 2 rings (SSSR count). The van der Waals surface area contributed by atoms with Gasteiger partial charge in [0, 0.05) is 38.9 Å². The Hall–Kier alpha value is -1.72. The SMILES string of the molecule is CN=C(NCCC(F)(F)F)NCc1cccc(NC(=O)N2CCCC2)c1.I. The number of aliphatic imine (C=N–C) groups is 1. The average molecular weight is 499 g/mol. The van der Waals surface area contributed by atoms with E-state index in [0.717, 1.165) is 31.5 Å². The number of benzene rings is 1. The van der Waals surface area contributed by atoms with Gasteiger partial charge in [-0.1, -0.05) is 12.1 Å². The maximum Gasteiger partial charge on any atom is 0.390 e. The minimum absolute atomic E-state index is 0. The molecule has 10 heteroatoms. The highest BCUT2D eigenvalue weighted by atomic mass is 127. The van der Waals surface area contributed by atoms with Crippen LogP contribution >= 0.6 is 24.0 Å². The maximum absolute atomic E-state index is 12.2. The highest BCUT2D eigenvalue weighted by molar-refractivity contribution is 14.0. The molecule has 0 unspecified atom stereocenters. The Labute approximate surface area is 174 Å². The number of nitrogens with zero attached hydrogens (tertiary/aromatic N) is 2. The summed E-state index contributed by atoms with van der Waals surface area (Å²) in [6, 6.07) is 7.19. The number of hydrogen-bond donors (Lipinski definition) is 3. The zero-order chi connectivity index (χ0) is 19.0. The molecule has 0 radical (unpaired) electrons. The van der Waals surface area contributed by atoms with Crippen LogP contribution in [-0.2, 0) is 6.54 Å². The minimum atomic E-state index is -4.20. The molecule has 2 amide bonds. The number of alkyl halides is 3. The molecule has 1 aromatic rings. The number of guanidine groups is 1. The van der Waals surface area contributed by atoms with E-state index in [9.17, 15) is 18.0 Å². The third-order valence-electron chi connectivity index (χ3n) is 3.96. The van der Waals surface area contributed by atoms with E-state index in [1.807, 2.05) is 18.2 Å². The maximum atomic E-state index is 12.2. The summed E-state index contributed by atoms with van der Waals surface area (Å²) < 4.78 is 36.5. The van der Waals surface area contributed by atoms with Crippen LogP contribution in [0.15, 0.2) is 29.3 Å². The van der Waals surface area contributed by atoms with Crippen LogP contribution in [0, 0.1) is 0 Å². The molecule has 27 heavy (non-hydrogen) atoms. The lowest BCUT2D eigenvalue weighted by Crippen LogP contribution is -2.38. The van der Waals surface area contributed by atoms with Gasteiger partial charge < -0.3 is 20.9 Å². The number of likely N-dealkylation sites (tertiary alicyclic amines) is 1. The molecular weight excluding hydrogens is 474 g/mol. The zero-order valence-corrected chi connectivity index (χ0v) is 17.4. The van der Waals surface area contributed by atoms with E-state index in [1.165, 1.54) is 7.05 Å². The monoisotopic (exact) mass is 499 g/mol. The van der Waals surface area contributed by atoms with Crippen molar-refractivity contribution in [3.05, 3.63) is 29.8 Å². The number of urea groups is 1. The third kappa shape index (κ3) is 8.67. The Morgan fingerprint density at radius 2 is 1.93 bits per heavy atom. The molecule has 0 bridgehead atoms. The van der Waals surface area contributed by atoms with Crippen molar-refractivity contribution in [2.24, 2.45) is 4.99 Å². The second kappa shape index (κ2) is 11.2. The van der Waals surface area contributed by atoms with Crippen LogP contribution in [0.3, 0.4) is 0 Å². The molecule has 6 nitrogen and oxygen atoms in total. The highest BCUT2D eigenvalue weighted by Crippen LogP contribution is 2.18. The van der Waals surface area contributed by atoms with Crippen molar-refractivity contribution < 1.29 is 18.0 Å². The number of rotatable bonds is 5. The predicted octanol–water partition coefficient (Wildman–Crippen LogP) is 3.55. The fourth-order valence-corrected chi connectivity index (χ4v) is 2.61. The van der Waals surface area contributed by atoms with E-state index in [-0.39, 0.29) is 36.6 Å². The first-order valence-corrected chi connectivity index (χ1v) is 8.53. The van der Waals surface area contributed by atoms with Crippen molar-refractivity contribution in [3.8, 4) is 0 Å². The Kier molecular flexibility index (Phi) is 9.67. The Morgan fingerprint density at radius 1 is 1.22 bits per heavy atom. The van der Waals surface area contributed by atoms with Gasteiger partial charge in [-0.2, -0.15) is 13.2 Å². The number of carbonyl (C=O) groups excluding carboxylic acids is 1. The van der Waals surface area contributed by atoms with Gasteiger partial charge in [0.05, 0.1) is 6.42 Å². The van der Waals surface area contributed by atoms with Gasteiger partial charge in [0.2, 0.25) is 0 Å². The Balaban J connectivity index is 0.00000364. The second-order valence-corrected chi connectivity index (χ2v) is 6.04. The lowest BCUT2D eigenvalue weighted by Gasteiger charge is -2.17. The molecule has 0 aliphatic carbocycles. The number of halogens is 4. The molecule has 0 saturated carbocycles. The van der Waals surface area contributed by atoms with E-state index in [2.05, 4.69) is 20.9 Å². The van der Waals surface area contributed by atoms with Gasteiger partial charge in [-0.3, -0.25) is 4.99 Å². The van der Waals surface area contributed by atoms with Crippen LogP contribution in [-0.4, -0.2) is 49.7 Å². The van der Waals surface area contributed by atoms with Gasteiger partial charge in [0.1, 0.15) is 0 Å². The van der Waals surface area contributed by atoms with E-state index in [1.54, 1.807) is 11.0 Å². The standard InChI is InChI=1S/C17H24F3N5O.HI/c1-21-15(22-8-7-17(18,19)20)23-12-13-5-4-6-14(11-13)24-16(26)25-9-2-3-10-25;/h4-6,11H,2-3,7-10,12H2,1H3,(H,24,26)(H2,21,22,23);1H. The summed E-state index contributed by atoms with van der Waals surface area (Å²) in [5, 5.41) is 8.44. The summed E-state index contributed by atoms with van der Waals surface area (Å²) in [6.45, 7) is 1.67. The summed E-state index contributed by atoms with van der Waals surface area (Å²) >= 11 is 0. The fraction of sp³-hybridized carbons (Fsp3) is 0.529. The predicted molar refractivity (Wildman–Crippen MR) is 111 cm³/mol. The van der Waals surface area contributed by atoms with Crippen molar-refractivity contribution in [1.29, 1.82) is 0 Å². The van der Waals surface area contributed by atoms with Crippen LogP contribution in [0.25, 0.3) is 0 Å². The first-order valence-electron chi connectivity index (χ1n) is 8.53. The minimum Gasteiger partial charge on any atom is -0.356 e. The molecule has 1 saturated heterocycles. The average Bonchev–Trinajstić information content (AvgIpc) is 3.12. The van der Waals surface area contributed by atoms with Crippen molar-refractivity contribution in [1.82, 2.24) is 15.5 Å². The van der Waals surface area contributed by atoms with E-state index < -0.39 is 12.6 Å². The first kappa shape index (κ1) is 23.3. The molecule has 0 spiro atoms. The van der Waals surface area contributed by atoms with Gasteiger partial charge in [-0.25, -0.2) is 4.79 Å². The number of nitrogens with one attached hydrogen (secondary N) is 3. The molecular formula is C17H25F3IN5O. The summed E-state index contributed by atoms with van der Waals surface area (Å²) in [6.07, 6.45) is -3.07. The smallest absolute Gasteiger partial charge is 0.356 e. The number of anilines is 1. The van der Waals surface area contributed by atoms with Crippen molar-refractivity contribution in [2.75, 3.05) is 32.0 Å². The van der Waals surface area contributed by atoms with Crippen LogP contribution in [0.5, 0.6) is 0 Å². The van der Waals surface area contributed by atoms with E-state index in [4.69, 9.17) is 0 Å². The van der Waals surface area contributed by atoms with Gasteiger partial charge in [-0.15, -0.1) is 24.0 Å². The number of hydrogen-bond acceptors (Lipinski definition) is 2. The lowest BCUT2D eigenvalue weighted by molar-refractivity contribution is -0.132. The lowest BCUT2D eigenvalue weighted by atomic mass is 10.2.